The lowest BCUT2D eigenvalue weighted by molar-refractivity contribution is -0.125. The van der Waals surface area contributed by atoms with Crippen molar-refractivity contribution in [3.63, 3.8) is 0 Å². The van der Waals surface area contributed by atoms with E-state index in [1.807, 2.05) is 73.8 Å². The number of carbonyl (C=O) groups excluding carboxylic acids is 3. The maximum atomic E-state index is 12.2. The Bertz CT molecular complexity index is 4700. The topological polar surface area (TPSA) is 285 Å². The molecular weight excluding hydrogens is 1210 g/mol. The lowest BCUT2D eigenvalue weighted by atomic mass is 10.1. The summed E-state index contributed by atoms with van der Waals surface area (Å²) in [6.07, 6.45) is 21.4. The minimum absolute atomic E-state index is 0.0176. The van der Waals surface area contributed by atoms with E-state index in [0.717, 1.165) is 47.9 Å². The van der Waals surface area contributed by atoms with Crippen molar-refractivity contribution in [2.24, 2.45) is 0 Å². The summed E-state index contributed by atoms with van der Waals surface area (Å²) >= 11 is 0. The number of terminal acetylenes is 1. The predicted molar refractivity (Wildman–Crippen MR) is 358 cm³/mol. The average molecular weight is 1280 g/mol. The van der Waals surface area contributed by atoms with Gasteiger partial charge in [0.25, 0.3) is 11.8 Å². The summed E-state index contributed by atoms with van der Waals surface area (Å²) in [6.45, 7) is 7.07. The van der Waals surface area contributed by atoms with E-state index in [2.05, 4.69) is 68.2 Å². The first kappa shape index (κ1) is 65.6. The summed E-state index contributed by atoms with van der Waals surface area (Å²) in [5.74, 6) is 33.3. The first-order chi connectivity index (χ1) is 46.1. The van der Waals surface area contributed by atoms with Gasteiger partial charge in [-0.05, 0) is 105 Å². The van der Waals surface area contributed by atoms with Crippen molar-refractivity contribution < 1.29 is 42.8 Å². The molecule has 0 radical (unpaired) electrons. The van der Waals surface area contributed by atoms with E-state index in [1.165, 1.54) is 0 Å². The third-order valence-corrected chi connectivity index (χ3v) is 16.1. The molecule has 0 aliphatic carbocycles. The highest BCUT2D eigenvalue weighted by Gasteiger charge is 2.33. The Morgan fingerprint density at radius 3 is 1.11 bits per heavy atom. The van der Waals surface area contributed by atoms with Crippen LogP contribution in [0.25, 0.3) is 16.6 Å². The Morgan fingerprint density at radius 2 is 0.800 bits per heavy atom. The van der Waals surface area contributed by atoms with Crippen LogP contribution in [0.2, 0.25) is 0 Å². The summed E-state index contributed by atoms with van der Waals surface area (Å²) in [6, 6.07) is 16.3. The Hall–Kier alpha value is -12.3. The van der Waals surface area contributed by atoms with Crippen molar-refractivity contribution in [3.8, 4) is 94.2 Å². The summed E-state index contributed by atoms with van der Waals surface area (Å²) in [5, 5.41) is 0. The van der Waals surface area contributed by atoms with Crippen LogP contribution in [0.1, 0.15) is 102 Å². The van der Waals surface area contributed by atoms with Crippen molar-refractivity contribution in [2.45, 2.75) is 50.9 Å². The number of hydrogen-bond acceptors (Lipinski definition) is 18. The highest BCUT2D eigenvalue weighted by Crippen LogP contribution is 2.34. The van der Waals surface area contributed by atoms with Gasteiger partial charge >= 0.3 is 0 Å². The van der Waals surface area contributed by atoms with E-state index in [9.17, 15) is 14.4 Å². The number of nitrogen functional groups attached to an aromatic ring is 3. The second-order valence-electron chi connectivity index (χ2n) is 21.9. The number of anilines is 3. The first-order valence-electron chi connectivity index (χ1n) is 30.1. The second kappa shape index (κ2) is 29.7. The molecule has 3 aliphatic heterocycles. The number of aromatic nitrogens is 9. The summed E-state index contributed by atoms with van der Waals surface area (Å²) in [7, 11) is 9.55. The number of rotatable bonds is 10. The third-order valence-electron chi connectivity index (χ3n) is 16.1. The summed E-state index contributed by atoms with van der Waals surface area (Å²) < 4.78 is 37.6. The average Bonchev–Trinajstić information content (AvgIpc) is 1.68. The normalized spacial score (nSPS) is 15.3. The van der Waals surface area contributed by atoms with Crippen LogP contribution in [0, 0.1) is 59.7 Å². The van der Waals surface area contributed by atoms with E-state index >= 15 is 0 Å². The molecule has 0 bridgehead atoms. The van der Waals surface area contributed by atoms with E-state index in [4.69, 9.17) is 67.0 Å². The number of ether oxygens (including phenoxy) is 6. The third kappa shape index (κ3) is 14.7. The number of methoxy groups -OCH3 is 6. The Morgan fingerprint density at radius 1 is 0.484 bits per heavy atom. The molecule has 482 valence electrons. The van der Waals surface area contributed by atoms with Crippen molar-refractivity contribution >= 4 is 51.7 Å². The van der Waals surface area contributed by atoms with Crippen LogP contribution >= 0.6 is 0 Å². The Balaban J connectivity index is 0.000000155. The fraction of sp³-hybridized carbons (Fsp3) is 0.282. The molecule has 9 aromatic rings. The molecule has 24 nitrogen and oxygen atoms in total. The molecule has 3 aromatic carbocycles. The molecule has 95 heavy (non-hydrogen) atoms. The number of imidazole rings is 3. The maximum absolute atomic E-state index is 12.2. The lowest BCUT2D eigenvalue weighted by Crippen LogP contribution is -2.27. The molecule has 9 heterocycles. The van der Waals surface area contributed by atoms with Crippen molar-refractivity contribution in [1.29, 1.82) is 0 Å². The van der Waals surface area contributed by atoms with E-state index in [-0.39, 0.29) is 35.5 Å². The number of nitrogens with zero attached hydrogens (tertiary/aromatic N) is 12. The van der Waals surface area contributed by atoms with Crippen LogP contribution in [-0.4, -0.2) is 157 Å². The lowest BCUT2D eigenvalue weighted by Gasteiger charge is -2.14. The van der Waals surface area contributed by atoms with Gasteiger partial charge in [0, 0.05) is 129 Å². The van der Waals surface area contributed by atoms with Crippen LogP contribution < -0.4 is 45.6 Å². The zero-order valence-electron chi connectivity index (χ0n) is 53.8. The molecule has 24 heteroatoms. The number of hydrogen-bond donors (Lipinski definition) is 3. The molecule has 12 rings (SSSR count). The minimum Gasteiger partial charge on any atom is -0.497 e. The number of nitrogens with two attached hydrogens (primary N) is 3. The van der Waals surface area contributed by atoms with Gasteiger partial charge in [0.2, 0.25) is 5.91 Å². The summed E-state index contributed by atoms with van der Waals surface area (Å²) in [5.41, 5.74) is 24.3. The standard InChI is InChI=1S/C24H25N5O3.C24H23N5O3.C23H21N5O3/c2*1-4-5-21(30)28-10-8-17(15-28)24-27-20(22-23(25)26-9-11-29(22)24)7-6-16-12-18(31-2)14-19(13-16)32-3;1-4-20(29)27-9-7-16(14-27)23-26-19(21-22(24)25-8-10-28(21)23)6-5-15-11-17(30-2)13-18(12-15)31-3/h4-5,9,11-14,17H,8,10,15H2,1-3H3,(H2,25,26);9,11-14,17H,8,10,15H2,1-3H3,(H2,25,26);1,8,10-13,16H,7,9,14H2,2-3H3,(H2,24,25)/b5-4+;;. The van der Waals surface area contributed by atoms with Crippen molar-refractivity contribution in [3.05, 3.63) is 155 Å². The number of allylic oxidation sites excluding steroid dienone is 1. The first-order valence-corrected chi connectivity index (χ1v) is 30.1. The monoisotopic (exact) mass is 1280 g/mol. The van der Waals surface area contributed by atoms with Gasteiger partial charge in [0.05, 0.1) is 42.7 Å². The molecule has 3 atom stereocenters. The van der Waals surface area contributed by atoms with Crippen molar-refractivity contribution in [1.82, 2.24) is 57.8 Å². The Kier molecular flexibility index (Phi) is 20.5. The molecule has 3 aliphatic rings. The number of amides is 3. The van der Waals surface area contributed by atoms with E-state index in [1.54, 1.807) is 115 Å². The van der Waals surface area contributed by atoms with Crippen LogP contribution in [0.4, 0.5) is 17.5 Å². The van der Waals surface area contributed by atoms with Gasteiger partial charge in [-0.1, -0.05) is 29.8 Å². The van der Waals surface area contributed by atoms with Crippen molar-refractivity contribution in [2.75, 3.05) is 99.1 Å². The second-order valence-corrected chi connectivity index (χ2v) is 21.9. The van der Waals surface area contributed by atoms with Gasteiger partial charge in [-0.25, -0.2) is 29.9 Å². The smallest absolute Gasteiger partial charge is 0.298 e. The molecule has 3 saturated heterocycles. The zero-order valence-corrected chi connectivity index (χ0v) is 53.8. The highest BCUT2D eigenvalue weighted by molar-refractivity contribution is 5.94. The van der Waals surface area contributed by atoms with Crippen LogP contribution in [0.3, 0.4) is 0 Å². The molecule has 3 unspecified atom stereocenters. The van der Waals surface area contributed by atoms with Gasteiger partial charge < -0.3 is 60.3 Å². The van der Waals surface area contributed by atoms with Gasteiger partial charge in [-0.3, -0.25) is 27.6 Å². The van der Waals surface area contributed by atoms with E-state index < -0.39 is 0 Å². The number of benzene rings is 3. The maximum Gasteiger partial charge on any atom is 0.298 e. The molecular formula is C71H69N15O9. The minimum atomic E-state index is -0.309. The van der Waals surface area contributed by atoms with Gasteiger partial charge in [0.1, 0.15) is 85.6 Å². The molecule has 3 amide bonds. The fourth-order valence-electron chi connectivity index (χ4n) is 11.4. The fourth-order valence-corrected chi connectivity index (χ4v) is 11.4. The quantitative estimate of drug-likeness (QED) is 0.0991. The van der Waals surface area contributed by atoms with Gasteiger partial charge in [0.15, 0.2) is 17.5 Å². The van der Waals surface area contributed by atoms with Gasteiger partial charge in [-0.2, -0.15) is 0 Å². The molecule has 0 spiro atoms. The largest absolute Gasteiger partial charge is 0.497 e. The predicted octanol–water partition coefficient (Wildman–Crippen LogP) is 6.37. The molecule has 0 saturated carbocycles. The van der Waals surface area contributed by atoms with Gasteiger partial charge in [-0.15, -0.1) is 6.42 Å². The number of fused-ring (bicyclic) bond motifs is 3. The molecule has 6 N–H and O–H groups in total. The zero-order chi connectivity index (χ0) is 67.3. The van der Waals surface area contributed by atoms with Crippen LogP contribution in [0.15, 0.2) is 104 Å². The SMILES string of the molecule is C#CC(=O)N1CCC(c2nc(C#Cc3cc(OC)cc(OC)c3)c3c(N)nccn23)C1.C/C=C/C(=O)N1CCC(c2nc(C#Cc3cc(OC)cc(OC)c3)c3c(N)nccn23)C1.CC#CC(=O)N1CCC(c2nc(C#Cc3cc(OC)cc(OC)c3)c3c(N)nccn23)C1. The highest BCUT2D eigenvalue weighted by atomic mass is 16.5. The molecule has 3 fully saturated rings. The molecule has 6 aromatic heterocycles. The van der Waals surface area contributed by atoms with E-state index in [0.29, 0.717) is 130 Å². The van der Waals surface area contributed by atoms with Crippen LogP contribution in [-0.2, 0) is 14.4 Å². The number of likely N-dealkylation sites (tertiary alicyclic amines) is 3. The Labute approximate surface area is 549 Å². The number of carbonyl (C=O) groups is 3. The van der Waals surface area contributed by atoms with Crippen LogP contribution in [0.5, 0.6) is 34.5 Å². The summed E-state index contributed by atoms with van der Waals surface area (Å²) in [4.78, 5) is 68.5.